The number of piperazine rings is 1. The fourth-order valence-electron chi connectivity index (χ4n) is 3.56. The topological polar surface area (TPSA) is 74.6 Å². The van der Waals surface area contributed by atoms with Crippen molar-refractivity contribution in [2.45, 2.75) is 33.4 Å². The van der Waals surface area contributed by atoms with E-state index in [1.807, 2.05) is 11.8 Å². The molecule has 1 fully saturated rings. The minimum atomic E-state index is -1.30. The molecule has 25 heavy (non-hydrogen) atoms. The number of benzene rings is 1. The van der Waals surface area contributed by atoms with E-state index < -0.39 is 17.2 Å². The number of nitrogens with one attached hydrogen (secondary N) is 1. The maximum Gasteiger partial charge on any atom is 0.341 e. The first kappa shape index (κ1) is 17.4. The Morgan fingerprint density at radius 1 is 1.48 bits per heavy atom. The van der Waals surface area contributed by atoms with Crippen molar-refractivity contribution in [2.75, 3.05) is 24.5 Å². The lowest BCUT2D eigenvalue weighted by atomic mass is 10.0. The molecule has 7 heteroatoms. The van der Waals surface area contributed by atoms with Gasteiger partial charge in [0, 0.05) is 43.8 Å². The van der Waals surface area contributed by atoms with Crippen LogP contribution in [0.3, 0.4) is 0 Å². The number of anilines is 1. The van der Waals surface area contributed by atoms with E-state index in [4.69, 9.17) is 0 Å². The van der Waals surface area contributed by atoms with Crippen LogP contribution in [0.4, 0.5) is 10.1 Å². The Bertz CT molecular complexity index is 907. The van der Waals surface area contributed by atoms with Crippen molar-refractivity contribution in [3.05, 3.63) is 39.4 Å². The maximum absolute atomic E-state index is 15.4. The number of aromatic nitrogens is 1. The molecular formula is C18H22FN3O3. The number of aryl methyl sites for hydroxylation is 2. The zero-order chi connectivity index (χ0) is 18.3. The maximum atomic E-state index is 15.4. The number of nitrogens with zero attached hydrogens (tertiary/aromatic N) is 2. The van der Waals surface area contributed by atoms with Crippen LogP contribution < -0.4 is 15.6 Å². The zero-order valence-electron chi connectivity index (χ0n) is 14.6. The average Bonchev–Trinajstić information content (AvgIpc) is 2.55. The molecule has 134 valence electrons. The molecule has 0 amide bonds. The van der Waals surface area contributed by atoms with Crippen LogP contribution in [0.25, 0.3) is 10.9 Å². The van der Waals surface area contributed by atoms with Gasteiger partial charge in [0.1, 0.15) is 5.56 Å². The number of halogens is 1. The van der Waals surface area contributed by atoms with Gasteiger partial charge in [0.15, 0.2) is 5.82 Å². The van der Waals surface area contributed by atoms with Crippen molar-refractivity contribution in [1.82, 2.24) is 9.88 Å². The Balaban J connectivity index is 2.31. The van der Waals surface area contributed by atoms with E-state index in [9.17, 15) is 14.7 Å². The Morgan fingerprint density at radius 3 is 2.80 bits per heavy atom. The average molecular weight is 347 g/mol. The summed E-state index contributed by atoms with van der Waals surface area (Å²) < 4.78 is 16.9. The first-order chi connectivity index (χ1) is 11.8. The smallest absolute Gasteiger partial charge is 0.341 e. The summed E-state index contributed by atoms with van der Waals surface area (Å²) in [4.78, 5) is 25.8. The van der Waals surface area contributed by atoms with E-state index in [2.05, 4.69) is 5.32 Å². The molecule has 0 aliphatic carbocycles. The van der Waals surface area contributed by atoms with Crippen LogP contribution in [-0.2, 0) is 6.54 Å². The van der Waals surface area contributed by atoms with Crippen LogP contribution in [0, 0.1) is 12.7 Å². The van der Waals surface area contributed by atoms with Gasteiger partial charge in [-0.05, 0) is 32.4 Å². The van der Waals surface area contributed by atoms with Crippen LogP contribution in [0.15, 0.2) is 17.1 Å². The number of hydrogen-bond acceptors (Lipinski definition) is 4. The molecule has 2 N–H and O–H groups in total. The number of aromatic carboxylic acids is 1. The molecule has 6 nitrogen and oxygen atoms in total. The van der Waals surface area contributed by atoms with Gasteiger partial charge in [-0.2, -0.15) is 0 Å². The predicted molar refractivity (Wildman–Crippen MR) is 95.2 cm³/mol. The van der Waals surface area contributed by atoms with Gasteiger partial charge in [0.25, 0.3) is 0 Å². The zero-order valence-corrected chi connectivity index (χ0v) is 14.6. The summed E-state index contributed by atoms with van der Waals surface area (Å²) in [5, 5.41) is 12.7. The molecule has 2 heterocycles. The Hall–Kier alpha value is -2.41. The molecule has 2 aromatic rings. The van der Waals surface area contributed by atoms with E-state index in [1.54, 1.807) is 19.9 Å². The minimum absolute atomic E-state index is 0.115. The molecule has 3 rings (SSSR count). The normalized spacial score (nSPS) is 17.9. The van der Waals surface area contributed by atoms with Crippen molar-refractivity contribution < 1.29 is 14.3 Å². The van der Waals surface area contributed by atoms with Crippen LogP contribution in [-0.4, -0.2) is 41.3 Å². The first-order valence-electron chi connectivity index (χ1n) is 8.43. The summed E-state index contributed by atoms with van der Waals surface area (Å²) in [5.41, 5.74) is 0.322. The van der Waals surface area contributed by atoms with Crippen molar-refractivity contribution in [2.24, 2.45) is 0 Å². The molecule has 1 aliphatic heterocycles. The third-order valence-corrected chi connectivity index (χ3v) is 4.72. The van der Waals surface area contributed by atoms with Crippen molar-refractivity contribution in [3.8, 4) is 0 Å². The summed E-state index contributed by atoms with van der Waals surface area (Å²) in [6.45, 7) is 8.08. The highest BCUT2D eigenvalue weighted by Gasteiger charge is 2.25. The number of carboxylic acids is 1. The molecule has 1 aromatic carbocycles. The minimum Gasteiger partial charge on any atom is -0.477 e. The second-order valence-electron chi connectivity index (χ2n) is 6.52. The van der Waals surface area contributed by atoms with E-state index in [1.165, 1.54) is 10.8 Å². The highest BCUT2D eigenvalue weighted by molar-refractivity contribution is 5.94. The van der Waals surface area contributed by atoms with Gasteiger partial charge >= 0.3 is 5.97 Å². The molecule has 0 spiro atoms. The summed E-state index contributed by atoms with van der Waals surface area (Å²) in [6, 6.07) is 1.85. The summed E-state index contributed by atoms with van der Waals surface area (Å²) in [6.07, 6.45) is 1.23. The molecule has 1 unspecified atom stereocenters. The second kappa shape index (κ2) is 6.48. The van der Waals surface area contributed by atoms with E-state index in [0.717, 1.165) is 6.54 Å². The standard InChI is InChI=1S/C18H22FN3O3/c1-4-21-9-13(18(24)25)17(23)12-7-10(2)15(14(19)16(12)21)22-6-5-20-11(3)8-22/h7,9,11,20H,4-6,8H2,1-3H3,(H,24,25). The largest absolute Gasteiger partial charge is 0.477 e. The van der Waals surface area contributed by atoms with Gasteiger partial charge in [-0.1, -0.05) is 0 Å². The van der Waals surface area contributed by atoms with Crippen molar-refractivity contribution in [3.63, 3.8) is 0 Å². The summed E-state index contributed by atoms with van der Waals surface area (Å²) in [5.74, 6) is -1.76. The van der Waals surface area contributed by atoms with E-state index >= 15 is 4.39 Å². The second-order valence-corrected chi connectivity index (χ2v) is 6.52. The molecular weight excluding hydrogens is 325 g/mol. The lowest BCUT2D eigenvalue weighted by Gasteiger charge is -2.35. The van der Waals surface area contributed by atoms with Gasteiger partial charge in [0.2, 0.25) is 5.43 Å². The quantitative estimate of drug-likeness (QED) is 0.888. The SMILES string of the molecule is CCn1cc(C(=O)O)c(=O)c2cc(C)c(N3CCNC(C)C3)c(F)c21. The first-order valence-corrected chi connectivity index (χ1v) is 8.43. The fraction of sp³-hybridized carbons (Fsp3) is 0.444. The Labute approximate surface area is 144 Å². The molecule has 0 saturated carbocycles. The van der Waals surface area contributed by atoms with Gasteiger partial charge in [-0.15, -0.1) is 0 Å². The summed E-state index contributed by atoms with van der Waals surface area (Å²) in [7, 11) is 0. The van der Waals surface area contributed by atoms with Crippen LogP contribution in [0.2, 0.25) is 0 Å². The third-order valence-electron chi connectivity index (χ3n) is 4.72. The number of carbonyl (C=O) groups is 1. The molecule has 1 aliphatic rings. The number of rotatable bonds is 3. The summed E-state index contributed by atoms with van der Waals surface area (Å²) >= 11 is 0. The number of hydrogen-bond donors (Lipinski definition) is 2. The molecule has 1 atom stereocenters. The Kier molecular flexibility index (Phi) is 4.51. The molecule has 1 saturated heterocycles. The van der Waals surface area contributed by atoms with Crippen LogP contribution in [0.5, 0.6) is 0 Å². The van der Waals surface area contributed by atoms with Gasteiger partial charge < -0.3 is 19.9 Å². The third kappa shape index (κ3) is 2.89. The number of fused-ring (bicyclic) bond motifs is 1. The number of pyridine rings is 1. The number of carboxylic acid groups (broad SMARTS) is 1. The van der Waals surface area contributed by atoms with Gasteiger partial charge in [-0.25, -0.2) is 9.18 Å². The highest BCUT2D eigenvalue weighted by atomic mass is 19.1. The Morgan fingerprint density at radius 2 is 2.20 bits per heavy atom. The van der Waals surface area contributed by atoms with Crippen molar-refractivity contribution in [1.29, 1.82) is 0 Å². The van der Waals surface area contributed by atoms with Crippen molar-refractivity contribution >= 4 is 22.6 Å². The molecule has 0 radical (unpaired) electrons. The van der Waals surface area contributed by atoms with Crippen LogP contribution in [0.1, 0.15) is 29.8 Å². The van der Waals surface area contributed by atoms with E-state index in [-0.39, 0.29) is 22.5 Å². The highest BCUT2D eigenvalue weighted by Crippen LogP contribution is 2.31. The fourth-order valence-corrected chi connectivity index (χ4v) is 3.56. The van der Waals surface area contributed by atoms with Gasteiger partial charge in [0.05, 0.1) is 11.2 Å². The van der Waals surface area contributed by atoms with Gasteiger partial charge in [-0.3, -0.25) is 4.79 Å². The monoisotopic (exact) mass is 347 g/mol. The molecule has 1 aromatic heterocycles. The van der Waals surface area contributed by atoms with E-state index in [0.29, 0.717) is 30.9 Å². The predicted octanol–water partition coefficient (Wildman–Crippen LogP) is 1.97. The van der Waals surface area contributed by atoms with Crippen LogP contribution >= 0.6 is 0 Å². The lowest BCUT2D eigenvalue weighted by Crippen LogP contribution is -2.49. The lowest BCUT2D eigenvalue weighted by molar-refractivity contribution is 0.0695. The molecule has 0 bridgehead atoms.